The number of hydrogen-bond acceptors (Lipinski definition) is 6. The Morgan fingerprint density at radius 3 is 2.43 bits per heavy atom. The fraction of sp³-hybridized carbons (Fsp3) is 0.261. The number of halogens is 3. The normalized spacial score (nSPS) is 12.7. The number of ether oxygens (including phenoxy) is 1. The highest BCUT2D eigenvalue weighted by atomic mass is 19.1. The molecule has 184 valence electrons. The van der Waals surface area contributed by atoms with Crippen LogP contribution in [0.5, 0.6) is 5.75 Å². The van der Waals surface area contributed by atoms with Gasteiger partial charge in [-0.1, -0.05) is 19.1 Å². The number of rotatable bonds is 10. The lowest BCUT2D eigenvalue weighted by Crippen LogP contribution is -2.48. The summed E-state index contributed by atoms with van der Waals surface area (Å²) in [6.07, 6.45) is 0.418. The zero-order chi connectivity index (χ0) is 25.7. The summed E-state index contributed by atoms with van der Waals surface area (Å²) < 4.78 is 46.4. The quantitative estimate of drug-likeness (QED) is 0.446. The molecule has 0 spiro atoms. The van der Waals surface area contributed by atoms with E-state index in [0.29, 0.717) is 17.6 Å². The van der Waals surface area contributed by atoms with Crippen LogP contribution < -0.4 is 15.6 Å². The van der Waals surface area contributed by atoms with Crippen LogP contribution in [0.2, 0.25) is 0 Å². The average molecular weight is 491 g/mol. The molecule has 2 aromatic carbocycles. The van der Waals surface area contributed by atoms with E-state index in [9.17, 15) is 32.3 Å². The van der Waals surface area contributed by atoms with Crippen LogP contribution in [0.1, 0.15) is 25.8 Å². The second-order valence-corrected chi connectivity index (χ2v) is 7.51. The van der Waals surface area contributed by atoms with Crippen LogP contribution in [0.15, 0.2) is 47.5 Å². The number of benzene rings is 2. The summed E-state index contributed by atoms with van der Waals surface area (Å²) in [6, 6.07) is 4.41. The number of para-hydroxylation sites is 1. The predicted octanol–water partition coefficient (Wildman–Crippen LogP) is 2.37. The van der Waals surface area contributed by atoms with E-state index in [1.165, 1.54) is 12.4 Å². The van der Waals surface area contributed by atoms with Crippen molar-refractivity contribution in [2.75, 3.05) is 6.61 Å². The molecule has 1 amide bonds. The molecule has 0 fully saturated rings. The van der Waals surface area contributed by atoms with E-state index in [-0.39, 0.29) is 11.8 Å². The first-order chi connectivity index (χ1) is 16.6. The highest BCUT2D eigenvalue weighted by Gasteiger charge is 2.29. The fourth-order valence-corrected chi connectivity index (χ4v) is 3.41. The third kappa shape index (κ3) is 5.83. The van der Waals surface area contributed by atoms with Crippen LogP contribution in [0.25, 0.3) is 10.9 Å². The van der Waals surface area contributed by atoms with Crippen molar-refractivity contribution in [1.82, 2.24) is 14.9 Å². The molecule has 9 nitrogen and oxygen atoms in total. The number of carbonyl (C=O) groups excluding carboxylic acids is 2. The summed E-state index contributed by atoms with van der Waals surface area (Å²) in [5.41, 5.74) is -0.0929. The summed E-state index contributed by atoms with van der Waals surface area (Å²) in [5, 5.41) is 11.7. The monoisotopic (exact) mass is 491 g/mol. The van der Waals surface area contributed by atoms with Gasteiger partial charge in [-0.05, 0) is 18.6 Å². The van der Waals surface area contributed by atoms with Crippen LogP contribution >= 0.6 is 0 Å². The Morgan fingerprint density at radius 2 is 1.80 bits per heavy atom. The van der Waals surface area contributed by atoms with Gasteiger partial charge >= 0.3 is 5.97 Å². The summed E-state index contributed by atoms with van der Waals surface area (Å²) in [7, 11) is 0. The Balaban J connectivity index is 1.80. The second-order valence-electron chi connectivity index (χ2n) is 7.51. The van der Waals surface area contributed by atoms with E-state index in [4.69, 9.17) is 9.84 Å². The first-order valence-electron chi connectivity index (χ1n) is 10.4. The summed E-state index contributed by atoms with van der Waals surface area (Å²) in [6.45, 7) is 0.592. The third-order valence-corrected chi connectivity index (χ3v) is 5.12. The lowest BCUT2D eigenvalue weighted by Gasteiger charge is -2.22. The Hall–Kier alpha value is -4.22. The molecule has 0 unspecified atom stereocenters. The standard InChI is InChI=1S/C23H20F3N3O6/c1-2-18(29-11-27-16-6-4-3-5-13(16)23(29)34)22(33)28-17(9-20(31)32)19(30)10-35-21-14(25)7-12(24)8-15(21)26/h3-8,11,17-18H,2,9-10H2,1H3,(H,28,33)(H,31,32)/t17-,18-/m0/s1. The van der Waals surface area contributed by atoms with Gasteiger partial charge in [0, 0.05) is 12.1 Å². The van der Waals surface area contributed by atoms with Crippen molar-refractivity contribution in [2.24, 2.45) is 0 Å². The maximum atomic E-state index is 13.8. The molecule has 3 rings (SSSR count). The van der Waals surface area contributed by atoms with Crippen molar-refractivity contribution in [3.8, 4) is 5.75 Å². The number of nitrogens with one attached hydrogen (secondary N) is 1. The van der Waals surface area contributed by atoms with E-state index in [0.717, 1.165) is 4.57 Å². The number of Topliss-reactive ketones (excluding diaryl/α,β-unsaturated/α-hetero) is 1. The lowest BCUT2D eigenvalue weighted by molar-refractivity contribution is -0.140. The number of aromatic nitrogens is 2. The van der Waals surface area contributed by atoms with Gasteiger partial charge in [-0.2, -0.15) is 0 Å². The van der Waals surface area contributed by atoms with Gasteiger partial charge in [-0.15, -0.1) is 0 Å². The van der Waals surface area contributed by atoms with Crippen LogP contribution in [0.3, 0.4) is 0 Å². The molecule has 1 heterocycles. The van der Waals surface area contributed by atoms with Crippen LogP contribution in [-0.4, -0.2) is 45.0 Å². The number of ketones is 1. The third-order valence-electron chi connectivity index (χ3n) is 5.12. The van der Waals surface area contributed by atoms with E-state index < -0.39 is 71.5 Å². The lowest BCUT2D eigenvalue weighted by atomic mass is 10.1. The van der Waals surface area contributed by atoms with E-state index >= 15 is 0 Å². The molecule has 3 aromatic rings. The Kier molecular flexibility index (Phi) is 7.84. The maximum absolute atomic E-state index is 13.8. The molecule has 0 radical (unpaired) electrons. The van der Waals surface area contributed by atoms with Crippen LogP contribution in [0.4, 0.5) is 13.2 Å². The summed E-state index contributed by atoms with van der Waals surface area (Å²) in [4.78, 5) is 53.7. The van der Waals surface area contributed by atoms with Crippen LogP contribution in [-0.2, 0) is 14.4 Å². The van der Waals surface area contributed by atoms with Crippen molar-refractivity contribution in [3.05, 3.63) is 70.5 Å². The summed E-state index contributed by atoms with van der Waals surface area (Å²) >= 11 is 0. The van der Waals surface area contributed by atoms with Crippen molar-refractivity contribution < 1.29 is 37.4 Å². The topological polar surface area (TPSA) is 128 Å². The number of carboxylic acids is 1. The largest absolute Gasteiger partial charge is 0.481 e. The molecular formula is C23H20F3N3O6. The molecule has 2 N–H and O–H groups in total. The Bertz CT molecular complexity index is 1320. The molecule has 0 aliphatic carbocycles. The number of fused-ring (bicyclic) bond motifs is 1. The molecule has 35 heavy (non-hydrogen) atoms. The minimum atomic E-state index is -1.63. The van der Waals surface area contributed by atoms with E-state index in [1.807, 2.05) is 0 Å². The number of carboxylic acid groups (broad SMARTS) is 1. The highest BCUT2D eigenvalue weighted by molar-refractivity contribution is 5.93. The van der Waals surface area contributed by atoms with E-state index in [1.54, 1.807) is 25.1 Å². The Labute approximate surface area is 196 Å². The van der Waals surface area contributed by atoms with Gasteiger partial charge in [0.25, 0.3) is 5.56 Å². The average Bonchev–Trinajstić information content (AvgIpc) is 2.79. The molecule has 1 aromatic heterocycles. The molecule has 2 atom stereocenters. The zero-order valence-electron chi connectivity index (χ0n) is 18.3. The molecule has 0 bridgehead atoms. The first kappa shape index (κ1) is 25.4. The molecule has 0 aliphatic rings. The zero-order valence-corrected chi connectivity index (χ0v) is 18.3. The highest BCUT2D eigenvalue weighted by Crippen LogP contribution is 2.23. The van der Waals surface area contributed by atoms with Crippen molar-refractivity contribution >= 4 is 28.6 Å². The number of carbonyl (C=O) groups is 3. The van der Waals surface area contributed by atoms with Gasteiger partial charge in [-0.25, -0.2) is 18.2 Å². The van der Waals surface area contributed by atoms with E-state index in [2.05, 4.69) is 10.3 Å². The Morgan fingerprint density at radius 1 is 1.14 bits per heavy atom. The summed E-state index contributed by atoms with van der Waals surface area (Å²) in [5.74, 6) is -8.32. The molecule has 12 heteroatoms. The minimum Gasteiger partial charge on any atom is -0.481 e. The van der Waals surface area contributed by atoms with Crippen LogP contribution in [0, 0.1) is 17.5 Å². The number of nitrogens with zero attached hydrogens (tertiary/aromatic N) is 2. The van der Waals surface area contributed by atoms with Gasteiger partial charge in [0.1, 0.15) is 24.5 Å². The second kappa shape index (κ2) is 10.8. The van der Waals surface area contributed by atoms with Gasteiger partial charge in [0.2, 0.25) is 5.91 Å². The molecule has 0 aliphatic heterocycles. The molecule has 0 saturated carbocycles. The molecular weight excluding hydrogens is 471 g/mol. The predicted molar refractivity (Wildman–Crippen MR) is 116 cm³/mol. The molecule has 0 saturated heterocycles. The minimum absolute atomic E-state index is 0.0994. The van der Waals surface area contributed by atoms with Gasteiger partial charge in [0.15, 0.2) is 23.2 Å². The maximum Gasteiger partial charge on any atom is 0.305 e. The van der Waals surface area contributed by atoms with Gasteiger partial charge in [0.05, 0.1) is 23.7 Å². The van der Waals surface area contributed by atoms with Crippen molar-refractivity contribution in [1.29, 1.82) is 0 Å². The smallest absolute Gasteiger partial charge is 0.305 e. The van der Waals surface area contributed by atoms with Gasteiger partial charge < -0.3 is 15.2 Å². The number of aliphatic carboxylic acids is 1. The first-order valence-corrected chi connectivity index (χ1v) is 10.4. The SMILES string of the molecule is CC[C@@H](C(=O)N[C@@H](CC(=O)O)C(=O)COc1c(F)cc(F)cc1F)n1cnc2ccccc2c1=O. The number of amides is 1. The fourth-order valence-electron chi connectivity index (χ4n) is 3.41. The number of hydrogen-bond donors (Lipinski definition) is 2. The van der Waals surface area contributed by atoms with Crippen molar-refractivity contribution in [2.45, 2.75) is 31.8 Å². The van der Waals surface area contributed by atoms with Crippen molar-refractivity contribution in [3.63, 3.8) is 0 Å². The van der Waals surface area contributed by atoms with Gasteiger partial charge in [-0.3, -0.25) is 23.7 Å².